The van der Waals surface area contributed by atoms with E-state index in [1.807, 2.05) is 36.4 Å². The molecule has 2 aromatic heterocycles. The van der Waals surface area contributed by atoms with Gasteiger partial charge in [0.05, 0.1) is 11.1 Å². The minimum absolute atomic E-state index is 0.189. The van der Waals surface area contributed by atoms with Gasteiger partial charge >= 0.3 is 162 Å². The van der Waals surface area contributed by atoms with Crippen LogP contribution in [0.2, 0.25) is 0 Å². The predicted molar refractivity (Wildman–Crippen MR) is 272 cm³/mol. The van der Waals surface area contributed by atoms with E-state index in [2.05, 4.69) is 138 Å². The van der Waals surface area contributed by atoms with E-state index in [1.165, 1.54) is 24.7 Å². The van der Waals surface area contributed by atoms with E-state index in [0.29, 0.717) is 9.94 Å². The molecule has 0 unspecified atom stereocenters. The molecule has 8 nitrogen and oxygen atoms in total. The van der Waals surface area contributed by atoms with Gasteiger partial charge in [-0.3, -0.25) is 9.97 Å². The van der Waals surface area contributed by atoms with Crippen molar-refractivity contribution in [3.05, 3.63) is 113 Å². The number of aromatic nitrogens is 2. The summed E-state index contributed by atoms with van der Waals surface area (Å²) in [6.07, 6.45) is 5.83. The molecule has 0 aliphatic heterocycles. The first-order valence-corrected chi connectivity index (χ1v) is 68.4. The molecule has 0 bridgehead atoms. The van der Waals surface area contributed by atoms with Gasteiger partial charge in [-0.25, -0.2) is 9.59 Å². The second-order valence-electron chi connectivity index (χ2n) is 7.26. The molecule has 242 valence electrons. The fraction of sp³-hybridized carbons (Fsp3) is 0. The molecule has 0 saturated carbocycles. The summed E-state index contributed by atoms with van der Waals surface area (Å²) < 4.78 is 0.674. The van der Waals surface area contributed by atoms with Gasteiger partial charge in [0.2, 0.25) is 0 Å². The van der Waals surface area contributed by atoms with Gasteiger partial charge < -0.3 is 20.3 Å². The van der Waals surface area contributed by atoms with Gasteiger partial charge in [-0.05, 0) is 39.1 Å². The number of hydrogen-bond donors (Lipinski definition) is 4. The third-order valence-electron chi connectivity index (χ3n) is 4.39. The van der Waals surface area contributed by atoms with Crippen LogP contribution in [-0.2, 0) is 0 Å². The Bertz CT molecular complexity index is 1420. The van der Waals surface area contributed by atoms with Crippen LogP contribution in [0.3, 0.4) is 0 Å². The molecular formula is C24H20BBrI10N2O6. The van der Waals surface area contributed by atoms with Crippen molar-refractivity contribution in [3.63, 3.8) is 0 Å². The standard InChI is InChI=1S/C12H9NO2.C6H7BO2.C6H4BrNO2.I10/c14-12(15)11-6-10(7-13-8-11)9-4-2-1-3-5-9;8-7(9)6-4-2-1-3-5-6;7-5-1-4(6(9)10)2-8-3-5;1-7(2)9(5)10(6)8(3)4/h1-8H,(H,14,15);1-5,8-9H;1-3H,(H,9,10);. The predicted octanol–water partition coefficient (Wildman–Crippen LogP) is 12.2. The fourth-order valence-electron chi connectivity index (χ4n) is 2.56. The molecule has 0 spiro atoms. The van der Waals surface area contributed by atoms with E-state index >= 15 is 0 Å². The van der Waals surface area contributed by atoms with Crippen LogP contribution in [0.15, 0.2) is 102 Å². The van der Waals surface area contributed by atoms with E-state index in [0.717, 1.165) is 11.1 Å². The Morgan fingerprint density at radius 2 is 1.07 bits per heavy atom. The number of rotatable bonds is 7. The second kappa shape index (κ2) is 26.3. The smallest absolute Gasteiger partial charge is 0.478 e. The zero-order valence-corrected chi connectivity index (χ0v) is 44.6. The van der Waals surface area contributed by atoms with Gasteiger partial charge in [-0.1, -0.05) is 60.7 Å². The van der Waals surface area contributed by atoms with Crippen molar-refractivity contribution in [3.8, 4) is 11.1 Å². The number of carboxylic acids is 2. The Morgan fingerprint density at radius 3 is 1.43 bits per heavy atom. The zero-order chi connectivity index (χ0) is 33.2. The summed E-state index contributed by atoms with van der Waals surface area (Å²) in [5.74, 6) is -1.92. The number of pyridine rings is 2. The Kier molecular flexibility index (Phi) is 27.1. The van der Waals surface area contributed by atoms with E-state index in [9.17, 15) is 9.59 Å². The van der Waals surface area contributed by atoms with Crippen molar-refractivity contribution >= 4 is 184 Å². The molecule has 4 aromatic rings. The SMILES string of the molecule is II(I)I(I)I(I)I(I)I.O=C(O)c1cncc(-c2ccccc2)c1.O=C(O)c1cncc(Br)c1.OB(O)c1ccccc1. The number of halogens is 11. The molecule has 0 radical (unpaired) electrons. The largest absolute Gasteiger partial charge is 0.488 e. The van der Waals surface area contributed by atoms with E-state index in [-0.39, 0.29) is 42.7 Å². The minimum Gasteiger partial charge on any atom is -0.478 e. The maximum Gasteiger partial charge on any atom is 0.488 e. The van der Waals surface area contributed by atoms with Crippen molar-refractivity contribution in [1.29, 1.82) is 0 Å². The number of aromatic carboxylic acids is 2. The molecule has 2 aromatic carbocycles. The molecule has 44 heavy (non-hydrogen) atoms. The van der Waals surface area contributed by atoms with Crippen LogP contribution < -0.4 is 5.46 Å². The molecule has 0 aliphatic rings. The first-order chi connectivity index (χ1) is 20.7. The maximum absolute atomic E-state index is 10.7. The van der Waals surface area contributed by atoms with Gasteiger partial charge in [0.15, 0.2) is 0 Å². The third kappa shape index (κ3) is 19.7. The van der Waals surface area contributed by atoms with E-state index in [1.54, 1.807) is 36.5 Å². The Hall–Kier alpha value is 3.44. The van der Waals surface area contributed by atoms with Crippen molar-refractivity contribution in [1.82, 2.24) is 9.97 Å². The van der Waals surface area contributed by atoms with Gasteiger partial charge in [0.1, 0.15) is 0 Å². The van der Waals surface area contributed by atoms with E-state index in [4.69, 9.17) is 20.3 Å². The molecule has 20 heteroatoms. The van der Waals surface area contributed by atoms with Crippen molar-refractivity contribution < 1.29 is 29.9 Å². The van der Waals surface area contributed by atoms with Crippen LogP contribution in [0.1, 0.15) is 20.7 Å². The van der Waals surface area contributed by atoms with Crippen molar-refractivity contribution in [2.24, 2.45) is 0 Å². The number of carbonyl (C=O) groups is 2. The quantitative estimate of drug-likeness (QED) is 0.106. The molecule has 4 N–H and O–H groups in total. The van der Waals surface area contributed by atoms with Crippen LogP contribution in [0, 0.1) is 0 Å². The number of nitrogens with zero attached hydrogens (tertiary/aromatic N) is 2. The summed E-state index contributed by atoms with van der Waals surface area (Å²) in [4.78, 5) is 28.6. The second-order valence-corrected chi connectivity index (χ2v) is 203. The van der Waals surface area contributed by atoms with E-state index < -0.39 is 19.1 Å². The summed E-state index contributed by atoms with van der Waals surface area (Å²) in [7, 11) is -2.65. The van der Waals surface area contributed by atoms with Gasteiger partial charge in [-0.15, -0.1) is 0 Å². The molecule has 0 saturated heterocycles. The third-order valence-corrected chi connectivity index (χ3v) is 500. The molecule has 0 atom stereocenters. The summed E-state index contributed by atoms with van der Waals surface area (Å²) in [5, 5.41) is 34.4. The average molecular weight is 1790 g/mol. The van der Waals surface area contributed by atoms with Crippen molar-refractivity contribution in [2.75, 3.05) is 0 Å². The summed E-state index contributed by atoms with van der Waals surface area (Å²) >= 11 is 20.0. The monoisotopic (exact) mass is 1790 g/mol. The summed E-state index contributed by atoms with van der Waals surface area (Å²) in [5.41, 5.74) is 2.70. The Morgan fingerprint density at radius 1 is 0.636 bits per heavy atom. The first-order valence-electron chi connectivity index (χ1n) is 11.0. The number of carboxylic acid groups (broad SMARTS) is 2. The Labute approximate surface area is 339 Å². The summed E-state index contributed by atoms with van der Waals surface area (Å²) in [6.45, 7) is 0. The molecule has 0 amide bonds. The summed E-state index contributed by atoms with van der Waals surface area (Å²) in [6, 6.07) is 21.3. The van der Waals surface area contributed by atoms with Gasteiger partial charge in [0.25, 0.3) is 0 Å². The van der Waals surface area contributed by atoms with Crippen LogP contribution in [0.4, 0.5) is 0 Å². The minimum atomic E-state index is -1.34. The average Bonchev–Trinajstić information content (AvgIpc) is 3.02. The number of hydrogen-bond acceptors (Lipinski definition) is 6. The topological polar surface area (TPSA) is 141 Å². The molecule has 0 aliphatic carbocycles. The van der Waals surface area contributed by atoms with Gasteiger partial charge in [-0.2, -0.15) is 0 Å². The van der Waals surface area contributed by atoms with Gasteiger partial charge in [0, 0.05) is 34.8 Å². The van der Waals surface area contributed by atoms with Crippen molar-refractivity contribution in [2.45, 2.75) is 0 Å². The zero-order valence-electron chi connectivity index (χ0n) is 21.5. The normalized spacial score (nSPS) is 11.0. The molecular weight excluding hydrogens is 1770 g/mol. The maximum atomic E-state index is 10.7. The Balaban J connectivity index is 0.000000301. The molecule has 2 heterocycles. The molecule has 0 fully saturated rings. The fourth-order valence-corrected chi connectivity index (χ4v) is 841. The number of benzene rings is 2. The van der Waals surface area contributed by atoms with Crippen LogP contribution in [-0.4, -0.2) is 49.3 Å². The van der Waals surface area contributed by atoms with Crippen LogP contribution >= 0.6 is 159 Å². The first kappa shape index (κ1) is 45.5. The van der Waals surface area contributed by atoms with Crippen LogP contribution in [0.5, 0.6) is 0 Å². The molecule has 4 rings (SSSR count). The van der Waals surface area contributed by atoms with Crippen LogP contribution in [0.25, 0.3) is 11.1 Å².